The number of rotatable bonds is 3. The predicted octanol–water partition coefficient (Wildman–Crippen LogP) is 3.72. The van der Waals surface area contributed by atoms with E-state index in [1.807, 2.05) is 0 Å². The summed E-state index contributed by atoms with van der Waals surface area (Å²) in [5, 5.41) is 9.48. The van der Waals surface area contributed by atoms with Gasteiger partial charge in [-0.25, -0.2) is 4.98 Å². The molecule has 104 valence electrons. The van der Waals surface area contributed by atoms with E-state index in [9.17, 15) is 5.26 Å². The highest BCUT2D eigenvalue weighted by Crippen LogP contribution is 2.43. The number of nitriles is 1. The SMILES string of the molecule is CC(C)Cc1nc2ccc(C3(C#N)CCC3)cc2n1C. The van der Waals surface area contributed by atoms with Gasteiger partial charge in [-0.3, -0.25) is 0 Å². The minimum Gasteiger partial charge on any atom is -0.331 e. The van der Waals surface area contributed by atoms with E-state index in [1.165, 1.54) is 0 Å². The Morgan fingerprint density at radius 2 is 2.15 bits per heavy atom. The van der Waals surface area contributed by atoms with Crippen LogP contribution in [0.1, 0.15) is 44.5 Å². The molecule has 1 saturated carbocycles. The first kappa shape index (κ1) is 13.2. The van der Waals surface area contributed by atoms with E-state index >= 15 is 0 Å². The molecule has 0 aliphatic heterocycles. The van der Waals surface area contributed by atoms with Crippen molar-refractivity contribution in [3.05, 3.63) is 29.6 Å². The van der Waals surface area contributed by atoms with Crippen LogP contribution in [0.4, 0.5) is 0 Å². The molecule has 1 aliphatic carbocycles. The first-order valence-electron chi connectivity index (χ1n) is 7.43. The van der Waals surface area contributed by atoms with E-state index in [4.69, 9.17) is 4.98 Å². The zero-order valence-electron chi connectivity index (χ0n) is 12.5. The van der Waals surface area contributed by atoms with Crippen LogP contribution in [-0.2, 0) is 18.9 Å². The lowest BCUT2D eigenvalue weighted by molar-refractivity contribution is 0.324. The van der Waals surface area contributed by atoms with Crippen LogP contribution in [0.15, 0.2) is 18.2 Å². The van der Waals surface area contributed by atoms with Crippen molar-refractivity contribution in [3.8, 4) is 6.07 Å². The molecule has 1 heterocycles. The largest absolute Gasteiger partial charge is 0.331 e. The van der Waals surface area contributed by atoms with Gasteiger partial charge in [0.2, 0.25) is 0 Å². The molecule has 0 saturated heterocycles. The molecule has 1 aromatic carbocycles. The molecule has 3 heteroatoms. The average Bonchev–Trinajstić information content (AvgIpc) is 2.65. The Balaban J connectivity index is 2.07. The van der Waals surface area contributed by atoms with Gasteiger partial charge >= 0.3 is 0 Å². The highest BCUT2D eigenvalue weighted by molar-refractivity contribution is 5.77. The molecule has 1 fully saturated rings. The fourth-order valence-electron chi connectivity index (χ4n) is 3.08. The fraction of sp³-hybridized carbons (Fsp3) is 0.529. The normalized spacial score (nSPS) is 17.1. The summed E-state index contributed by atoms with van der Waals surface area (Å²) in [6.45, 7) is 4.42. The summed E-state index contributed by atoms with van der Waals surface area (Å²) in [4.78, 5) is 4.73. The third-order valence-electron chi connectivity index (χ3n) is 4.54. The van der Waals surface area contributed by atoms with Crippen molar-refractivity contribution in [3.63, 3.8) is 0 Å². The van der Waals surface area contributed by atoms with Crippen LogP contribution in [0.25, 0.3) is 11.0 Å². The maximum absolute atomic E-state index is 9.48. The molecule has 0 atom stereocenters. The summed E-state index contributed by atoms with van der Waals surface area (Å²) in [5.41, 5.74) is 3.12. The summed E-state index contributed by atoms with van der Waals surface area (Å²) in [5.74, 6) is 1.73. The Labute approximate surface area is 120 Å². The van der Waals surface area contributed by atoms with Crippen molar-refractivity contribution >= 4 is 11.0 Å². The average molecular weight is 267 g/mol. The number of aromatic nitrogens is 2. The summed E-state index contributed by atoms with van der Waals surface area (Å²) >= 11 is 0. The monoisotopic (exact) mass is 267 g/mol. The van der Waals surface area contributed by atoms with E-state index < -0.39 is 0 Å². The maximum atomic E-state index is 9.48. The molecular weight excluding hydrogens is 246 g/mol. The smallest absolute Gasteiger partial charge is 0.109 e. The lowest BCUT2D eigenvalue weighted by atomic mass is 9.65. The molecule has 1 aliphatic rings. The lowest BCUT2D eigenvalue weighted by Gasteiger charge is -2.35. The zero-order valence-corrected chi connectivity index (χ0v) is 12.5. The van der Waals surface area contributed by atoms with Crippen LogP contribution in [0.5, 0.6) is 0 Å². The van der Waals surface area contributed by atoms with E-state index in [2.05, 4.69) is 49.7 Å². The quantitative estimate of drug-likeness (QED) is 0.850. The Bertz CT molecular complexity index is 684. The molecule has 0 bridgehead atoms. The van der Waals surface area contributed by atoms with Crippen molar-refractivity contribution in [1.82, 2.24) is 9.55 Å². The highest BCUT2D eigenvalue weighted by atomic mass is 15.1. The topological polar surface area (TPSA) is 41.6 Å². The Hall–Kier alpha value is -1.82. The van der Waals surface area contributed by atoms with Crippen LogP contribution >= 0.6 is 0 Å². The molecule has 0 unspecified atom stereocenters. The number of imidazole rings is 1. The Morgan fingerprint density at radius 3 is 2.70 bits per heavy atom. The second-order valence-corrected chi connectivity index (χ2v) is 6.44. The van der Waals surface area contributed by atoms with Crippen molar-refractivity contribution in [2.45, 2.75) is 44.9 Å². The molecule has 0 N–H and O–H groups in total. The zero-order chi connectivity index (χ0) is 14.3. The molecule has 0 radical (unpaired) electrons. The number of hydrogen-bond donors (Lipinski definition) is 0. The fourth-order valence-corrected chi connectivity index (χ4v) is 3.08. The summed E-state index contributed by atoms with van der Waals surface area (Å²) in [6.07, 6.45) is 4.14. The maximum Gasteiger partial charge on any atom is 0.109 e. The van der Waals surface area contributed by atoms with Crippen LogP contribution in [-0.4, -0.2) is 9.55 Å². The second kappa shape index (κ2) is 4.63. The van der Waals surface area contributed by atoms with Crippen molar-refractivity contribution in [2.75, 3.05) is 0 Å². The van der Waals surface area contributed by atoms with Crippen LogP contribution in [0.3, 0.4) is 0 Å². The van der Waals surface area contributed by atoms with Gasteiger partial charge in [-0.15, -0.1) is 0 Å². The third kappa shape index (κ3) is 1.91. The first-order chi connectivity index (χ1) is 9.55. The molecule has 0 spiro atoms. The van der Waals surface area contributed by atoms with Gasteiger partial charge in [0.25, 0.3) is 0 Å². The molecule has 1 aromatic heterocycles. The van der Waals surface area contributed by atoms with E-state index in [-0.39, 0.29) is 5.41 Å². The molecule has 20 heavy (non-hydrogen) atoms. The summed E-state index contributed by atoms with van der Waals surface area (Å²) in [7, 11) is 2.08. The number of hydrogen-bond acceptors (Lipinski definition) is 2. The molecule has 0 amide bonds. The van der Waals surface area contributed by atoms with Crippen LogP contribution in [0, 0.1) is 17.2 Å². The molecular formula is C17H21N3. The first-order valence-corrected chi connectivity index (χ1v) is 7.43. The number of benzene rings is 1. The Kier molecular flexibility index (Phi) is 3.05. The predicted molar refractivity (Wildman–Crippen MR) is 80.4 cm³/mol. The number of aryl methyl sites for hydroxylation is 1. The molecule has 3 nitrogen and oxygen atoms in total. The van der Waals surface area contributed by atoms with Gasteiger partial charge in [-0.05, 0) is 42.9 Å². The molecule has 3 rings (SSSR count). The number of fused-ring (bicyclic) bond motifs is 1. The molecule has 2 aromatic rings. The summed E-state index contributed by atoms with van der Waals surface area (Å²) in [6, 6.07) is 8.87. The van der Waals surface area contributed by atoms with E-state index in [0.717, 1.165) is 48.1 Å². The lowest BCUT2D eigenvalue weighted by Crippen LogP contribution is -2.32. The van der Waals surface area contributed by atoms with Gasteiger partial charge in [-0.2, -0.15) is 5.26 Å². The van der Waals surface area contributed by atoms with E-state index in [1.54, 1.807) is 0 Å². The minimum absolute atomic E-state index is 0.239. The van der Waals surface area contributed by atoms with Gasteiger partial charge < -0.3 is 4.57 Å². The van der Waals surface area contributed by atoms with Gasteiger partial charge in [0.1, 0.15) is 5.82 Å². The standard InChI is InChI=1S/C17H21N3/c1-12(2)9-16-19-14-6-5-13(10-15(14)20(16)3)17(11-18)7-4-8-17/h5-6,10,12H,4,7-9H2,1-3H3. The van der Waals surface area contributed by atoms with Gasteiger partial charge in [-0.1, -0.05) is 19.9 Å². The van der Waals surface area contributed by atoms with Crippen molar-refractivity contribution < 1.29 is 0 Å². The van der Waals surface area contributed by atoms with Crippen LogP contribution in [0.2, 0.25) is 0 Å². The number of nitrogens with zero attached hydrogens (tertiary/aromatic N) is 3. The summed E-state index contributed by atoms with van der Waals surface area (Å²) < 4.78 is 2.18. The van der Waals surface area contributed by atoms with Crippen LogP contribution < -0.4 is 0 Å². The van der Waals surface area contributed by atoms with Gasteiger partial charge in [0.05, 0.1) is 22.5 Å². The third-order valence-corrected chi connectivity index (χ3v) is 4.54. The minimum atomic E-state index is -0.239. The highest BCUT2D eigenvalue weighted by Gasteiger charge is 2.39. The van der Waals surface area contributed by atoms with Gasteiger partial charge in [0.15, 0.2) is 0 Å². The van der Waals surface area contributed by atoms with E-state index in [0.29, 0.717) is 5.92 Å². The van der Waals surface area contributed by atoms with Gasteiger partial charge in [0, 0.05) is 13.5 Å². The Morgan fingerprint density at radius 1 is 1.40 bits per heavy atom. The van der Waals surface area contributed by atoms with Crippen molar-refractivity contribution in [2.24, 2.45) is 13.0 Å². The van der Waals surface area contributed by atoms with Crippen molar-refractivity contribution in [1.29, 1.82) is 5.26 Å². The second-order valence-electron chi connectivity index (χ2n) is 6.44.